The first-order valence-electron chi connectivity index (χ1n) is 23.5. The fourth-order valence-corrected chi connectivity index (χ4v) is 11.1. The van der Waals surface area contributed by atoms with Crippen molar-refractivity contribution in [2.45, 2.75) is 90.5 Å². The summed E-state index contributed by atoms with van der Waals surface area (Å²) in [6.07, 6.45) is 18.3. The van der Waals surface area contributed by atoms with Gasteiger partial charge in [0.15, 0.2) is 0 Å². The zero-order valence-corrected chi connectivity index (χ0v) is 38.4. The molecule has 0 saturated heterocycles. The van der Waals surface area contributed by atoms with Crippen LogP contribution in [-0.2, 0) is 5.41 Å². The van der Waals surface area contributed by atoms with E-state index >= 15 is 0 Å². The Labute approximate surface area is 382 Å². The van der Waals surface area contributed by atoms with Crippen molar-refractivity contribution >= 4 is 33.9 Å². The number of fused-ring (bicyclic) bond motifs is 2. The van der Waals surface area contributed by atoms with Crippen LogP contribution in [0, 0.1) is 13.8 Å². The summed E-state index contributed by atoms with van der Waals surface area (Å²) in [4.78, 5) is 5.11. The predicted molar refractivity (Wildman–Crippen MR) is 273 cm³/mol. The van der Waals surface area contributed by atoms with Crippen LogP contribution in [0.1, 0.15) is 104 Å². The highest BCUT2D eigenvalue weighted by Crippen LogP contribution is 2.60. The minimum atomic E-state index is -0.0532. The van der Waals surface area contributed by atoms with Gasteiger partial charge in [0.25, 0.3) is 0 Å². The summed E-state index contributed by atoms with van der Waals surface area (Å²) in [5.41, 5.74) is 22.9. The molecule has 318 valence electrons. The number of nitrogens with zero attached hydrogens (tertiary/aromatic N) is 2. The molecule has 0 heterocycles. The quantitative estimate of drug-likeness (QED) is 0.136. The summed E-state index contributed by atoms with van der Waals surface area (Å²) >= 11 is 0. The van der Waals surface area contributed by atoms with E-state index in [0.717, 1.165) is 31.4 Å². The van der Waals surface area contributed by atoms with Crippen LogP contribution in [0.3, 0.4) is 0 Å². The van der Waals surface area contributed by atoms with E-state index in [1.54, 1.807) is 5.57 Å². The van der Waals surface area contributed by atoms with Crippen molar-refractivity contribution in [2.75, 3.05) is 9.80 Å². The van der Waals surface area contributed by atoms with Crippen molar-refractivity contribution in [3.8, 4) is 0 Å². The van der Waals surface area contributed by atoms with Crippen LogP contribution < -0.4 is 9.80 Å². The molecule has 0 amide bonds. The number of aryl methyl sites for hydroxylation is 2. The molecule has 0 saturated carbocycles. The van der Waals surface area contributed by atoms with E-state index in [1.165, 1.54) is 84.0 Å². The molecule has 6 aromatic carbocycles. The van der Waals surface area contributed by atoms with Gasteiger partial charge in [0, 0.05) is 45.7 Å². The fraction of sp³-hybridized carbons (Fsp3) is 0.226. The van der Waals surface area contributed by atoms with Crippen molar-refractivity contribution < 1.29 is 0 Å². The summed E-state index contributed by atoms with van der Waals surface area (Å²) in [5.74, 6) is 0.532. The zero-order chi connectivity index (χ0) is 44.0. The molecule has 6 aromatic rings. The third-order valence-electron chi connectivity index (χ3n) is 14.9. The molecule has 0 N–H and O–H groups in total. The van der Waals surface area contributed by atoms with Crippen LogP contribution in [0.25, 0.3) is 11.1 Å². The Hall–Kier alpha value is -6.64. The van der Waals surface area contributed by atoms with E-state index in [1.807, 2.05) is 0 Å². The molecule has 0 aromatic heterocycles. The van der Waals surface area contributed by atoms with Crippen LogP contribution in [0.4, 0.5) is 22.7 Å². The number of para-hydroxylation sites is 2. The highest BCUT2D eigenvalue weighted by atomic mass is 15.2. The van der Waals surface area contributed by atoms with Crippen LogP contribution in [0.5, 0.6) is 0 Å². The summed E-state index contributed by atoms with van der Waals surface area (Å²) in [7, 11) is 0. The number of hydrogen-bond donors (Lipinski definition) is 0. The minimum absolute atomic E-state index is 0.0532. The van der Waals surface area contributed by atoms with Crippen molar-refractivity contribution in [3.63, 3.8) is 0 Å². The molecule has 0 radical (unpaired) electrons. The van der Waals surface area contributed by atoms with E-state index in [0.29, 0.717) is 5.92 Å². The Morgan fingerprint density at radius 3 is 1.88 bits per heavy atom. The number of hydrogen-bond acceptors (Lipinski definition) is 2. The number of anilines is 4. The van der Waals surface area contributed by atoms with Gasteiger partial charge in [0.05, 0.1) is 6.04 Å². The Kier molecular flexibility index (Phi) is 11.1. The summed E-state index contributed by atoms with van der Waals surface area (Å²) in [6.45, 7) is 14.3. The average Bonchev–Trinajstić information content (AvgIpc) is 3.59. The van der Waals surface area contributed by atoms with Gasteiger partial charge >= 0.3 is 0 Å². The lowest BCUT2D eigenvalue weighted by Gasteiger charge is -2.37. The first kappa shape index (κ1) is 41.4. The van der Waals surface area contributed by atoms with E-state index in [9.17, 15) is 0 Å². The van der Waals surface area contributed by atoms with Crippen LogP contribution in [-0.4, -0.2) is 6.04 Å². The van der Waals surface area contributed by atoms with Gasteiger partial charge in [-0.15, -0.1) is 0 Å². The molecule has 10 rings (SSSR count). The molecule has 64 heavy (non-hydrogen) atoms. The lowest BCUT2D eigenvalue weighted by atomic mass is 9.69. The maximum atomic E-state index is 2.60. The lowest BCUT2D eigenvalue weighted by molar-refractivity contribution is 0.548. The monoisotopic (exact) mass is 832 g/mol. The Bertz CT molecular complexity index is 2890. The van der Waals surface area contributed by atoms with Crippen molar-refractivity contribution in [1.29, 1.82) is 0 Å². The van der Waals surface area contributed by atoms with Crippen molar-refractivity contribution in [3.05, 3.63) is 249 Å². The maximum Gasteiger partial charge on any atom is 0.0560 e. The van der Waals surface area contributed by atoms with Gasteiger partial charge in [-0.25, -0.2) is 0 Å². The highest BCUT2D eigenvalue weighted by Gasteiger charge is 2.45. The SMILES string of the molecule is CCC1(C)C2=C(c3cc(C)c(C)cc31)C(c1cc(N(C3=CCC(c4ccccc4)C=C3)c3ccccc3)cc(N(c3ccccc3)C3C=CC(c4ccccc4)=CC3)c1)CC(C)=C2C. The fourth-order valence-electron chi connectivity index (χ4n) is 11.1. The van der Waals surface area contributed by atoms with Gasteiger partial charge in [-0.05, 0) is 163 Å². The Morgan fingerprint density at radius 1 is 0.594 bits per heavy atom. The Morgan fingerprint density at radius 2 is 1.23 bits per heavy atom. The summed E-state index contributed by atoms with van der Waals surface area (Å²) < 4.78 is 0. The van der Waals surface area contributed by atoms with E-state index in [2.05, 4.69) is 239 Å². The number of rotatable bonds is 10. The normalized spacial score (nSPS) is 21.3. The van der Waals surface area contributed by atoms with Gasteiger partial charge in [-0.1, -0.05) is 159 Å². The predicted octanol–water partition coefficient (Wildman–Crippen LogP) is 16.6. The summed E-state index contributed by atoms with van der Waals surface area (Å²) in [6, 6.07) is 56.5. The smallest absolute Gasteiger partial charge is 0.0560 e. The molecule has 0 fully saturated rings. The number of allylic oxidation sites excluding steroid dienone is 9. The Balaban J connectivity index is 1.18. The average molecular weight is 833 g/mol. The van der Waals surface area contributed by atoms with Gasteiger partial charge in [0.1, 0.15) is 0 Å². The van der Waals surface area contributed by atoms with Gasteiger partial charge in [-0.3, -0.25) is 0 Å². The van der Waals surface area contributed by atoms with E-state index in [4.69, 9.17) is 0 Å². The molecule has 2 nitrogen and oxygen atoms in total. The molecular formula is C62H60N2. The highest BCUT2D eigenvalue weighted by molar-refractivity contribution is 5.90. The van der Waals surface area contributed by atoms with Gasteiger partial charge in [-0.2, -0.15) is 0 Å². The summed E-state index contributed by atoms with van der Waals surface area (Å²) in [5, 5.41) is 0. The molecule has 4 atom stereocenters. The standard InChI is InChI=1S/C62H60N2/c1-7-62(6)59-38-43(3)42(2)36-58(59)60-57(37-44(4)45(5)61(60)62)50-39-55(63(51-24-16-10-17-25-51)53-32-28-48(29-33-53)46-20-12-8-13-21-46)41-56(40-50)64(52-26-18-11-19-27-52)54-34-30-49(31-35-54)47-22-14-9-15-23-47/h8-30,32,34-36,38-41,49,53,57H,7,31,33,37H2,1-6H3. The molecule has 0 bridgehead atoms. The zero-order valence-electron chi connectivity index (χ0n) is 38.4. The van der Waals surface area contributed by atoms with E-state index < -0.39 is 0 Å². The molecule has 4 aliphatic rings. The second-order valence-electron chi connectivity index (χ2n) is 18.7. The van der Waals surface area contributed by atoms with Crippen LogP contribution >= 0.6 is 0 Å². The maximum absolute atomic E-state index is 2.60. The first-order valence-corrected chi connectivity index (χ1v) is 23.5. The third kappa shape index (κ3) is 7.43. The lowest BCUT2D eigenvalue weighted by Crippen LogP contribution is -2.30. The van der Waals surface area contributed by atoms with Crippen molar-refractivity contribution in [1.82, 2.24) is 0 Å². The van der Waals surface area contributed by atoms with Gasteiger partial charge in [0.2, 0.25) is 0 Å². The first-order chi connectivity index (χ1) is 31.2. The molecule has 4 unspecified atom stereocenters. The van der Waals surface area contributed by atoms with Crippen molar-refractivity contribution in [2.24, 2.45) is 0 Å². The molecular weight excluding hydrogens is 773 g/mol. The minimum Gasteiger partial charge on any atom is -0.334 e. The second kappa shape index (κ2) is 17.1. The third-order valence-corrected chi connectivity index (χ3v) is 14.9. The molecule has 4 aliphatic carbocycles. The topological polar surface area (TPSA) is 6.48 Å². The second-order valence-corrected chi connectivity index (χ2v) is 18.7. The molecule has 2 heteroatoms. The molecule has 0 spiro atoms. The van der Waals surface area contributed by atoms with E-state index in [-0.39, 0.29) is 17.4 Å². The van der Waals surface area contributed by atoms with Crippen LogP contribution in [0.15, 0.2) is 211 Å². The number of benzene rings is 6. The largest absolute Gasteiger partial charge is 0.334 e. The molecule has 0 aliphatic heterocycles. The van der Waals surface area contributed by atoms with Crippen LogP contribution in [0.2, 0.25) is 0 Å². The van der Waals surface area contributed by atoms with Gasteiger partial charge < -0.3 is 9.80 Å².